The highest BCUT2D eigenvalue weighted by molar-refractivity contribution is 7.99. The van der Waals surface area contributed by atoms with Crippen LogP contribution in [0.2, 0.25) is 0 Å². The van der Waals surface area contributed by atoms with Crippen molar-refractivity contribution in [1.29, 1.82) is 0 Å². The van der Waals surface area contributed by atoms with Gasteiger partial charge in [-0.15, -0.1) is 11.8 Å². The number of thioether (sulfide) groups is 1. The number of benzene rings is 1. The lowest BCUT2D eigenvalue weighted by atomic mass is 10.3. The van der Waals surface area contributed by atoms with Crippen LogP contribution in [0.25, 0.3) is 0 Å². The molecule has 0 aliphatic carbocycles. The molecule has 0 aromatic heterocycles. The summed E-state index contributed by atoms with van der Waals surface area (Å²) in [6, 6.07) is 7.81. The van der Waals surface area contributed by atoms with E-state index in [2.05, 4.69) is 0 Å². The van der Waals surface area contributed by atoms with E-state index in [1.807, 2.05) is 24.3 Å². The normalized spacial score (nSPS) is 12.5. The van der Waals surface area contributed by atoms with E-state index < -0.39 is 0 Å². The summed E-state index contributed by atoms with van der Waals surface area (Å²) >= 11 is 1.62. The summed E-state index contributed by atoms with van der Waals surface area (Å²) in [5.74, 6) is 1.57. The van der Waals surface area contributed by atoms with Gasteiger partial charge in [0.15, 0.2) is 0 Å². The van der Waals surface area contributed by atoms with Crippen LogP contribution in [0.5, 0.6) is 5.75 Å². The SMILES string of the molecule is COc1ccccc1SC[C@H](CO)OC. The van der Waals surface area contributed by atoms with Crippen molar-refractivity contribution in [2.24, 2.45) is 0 Å². The van der Waals surface area contributed by atoms with Gasteiger partial charge < -0.3 is 14.6 Å². The average Bonchev–Trinajstić information content (AvgIpc) is 2.31. The maximum atomic E-state index is 8.96. The first-order valence-corrected chi connectivity index (χ1v) is 5.69. The summed E-state index contributed by atoms with van der Waals surface area (Å²) in [5.41, 5.74) is 0. The lowest BCUT2D eigenvalue weighted by molar-refractivity contribution is 0.0656. The van der Waals surface area contributed by atoms with Gasteiger partial charge in [0.2, 0.25) is 0 Å². The number of aliphatic hydroxyl groups is 1. The van der Waals surface area contributed by atoms with E-state index in [4.69, 9.17) is 14.6 Å². The van der Waals surface area contributed by atoms with Crippen LogP contribution in [-0.4, -0.2) is 37.8 Å². The van der Waals surface area contributed by atoms with Gasteiger partial charge in [-0.3, -0.25) is 0 Å². The minimum atomic E-state index is -0.125. The van der Waals surface area contributed by atoms with Gasteiger partial charge in [-0.2, -0.15) is 0 Å². The first-order valence-electron chi connectivity index (χ1n) is 4.71. The highest BCUT2D eigenvalue weighted by Crippen LogP contribution is 2.29. The van der Waals surface area contributed by atoms with Crippen molar-refractivity contribution in [1.82, 2.24) is 0 Å². The monoisotopic (exact) mass is 228 g/mol. The van der Waals surface area contributed by atoms with Crippen LogP contribution < -0.4 is 4.74 Å². The van der Waals surface area contributed by atoms with Crippen LogP contribution >= 0.6 is 11.8 Å². The summed E-state index contributed by atoms with van der Waals surface area (Å²) in [5, 5.41) is 8.96. The Balaban J connectivity index is 2.56. The number of para-hydroxylation sites is 1. The Morgan fingerprint density at radius 1 is 1.33 bits per heavy atom. The van der Waals surface area contributed by atoms with E-state index in [1.54, 1.807) is 26.0 Å². The molecular formula is C11H16O3S. The van der Waals surface area contributed by atoms with Crippen LogP contribution in [-0.2, 0) is 4.74 Å². The minimum Gasteiger partial charge on any atom is -0.496 e. The molecule has 0 amide bonds. The number of aliphatic hydroxyl groups excluding tert-OH is 1. The molecule has 0 radical (unpaired) electrons. The third-order valence-electron chi connectivity index (χ3n) is 2.03. The molecule has 0 fully saturated rings. The van der Waals surface area contributed by atoms with E-state index >= 15 is 0 Å². The Bertz CT molecular complexity index is 287. The third-order valence-corrected chi connectivity index (χ3v) is 3.22. The Morgan fingerprint density at radius 3 is 2.67 bits per heavy atom. The van der Waals surface area contributed by atoms with Gasteiger partial charge in [-0.05, 0) is 12.1 Å². The van der Waals surface area contributed by atoms with Crippen molar-refractivity contribution in [3.05, 3.63) is 24.3 Å². The molecule has 1 aromatic carbocycles. The van der Waals surface area contributed by atoms with Gasteiger partial charge in [-0.25, -0.2) is 0 Å². The maximum absolute atomic E-state index is 8.96. The molecule has 0 aliphatic rings. The quantitative estimate of drug-likeness (QED) is 0.753. The molecule has 0 unspecified atom stereocenters. The van der Waals surface area contributed by atoms with Crippen LogP contribution in [0, 0.1) is 0 Å². The van der Waals surface area contributed by atoms with Gasteiger partial charge in [0, 0.05) is 17.8 Å². The fourth-order valence-corrected chi connectivity index (χ4v) is 2.19. The molecule has 0 bridgehead atoms. The van der Waals surface area contributed by atoms with Gasteiger partial charge >= 0.3 is 0 Å². The highest BCUT2D eigenvalue weighted by Gasteiger charge is 2.08. The summed E-state index contributed by atoms with van der Waals surface area (Å²) in [6.07, 6.45) is -0.125. The summed E-state index contributed by atoms with van der Waals surface area (Å²) < 4.78 is 10.3. The van der Waals surface area contributed by atoms with Crippen molar-refractivity contribution in [2.75, 3.05) is 26.6 Å². The van der Waals surface area contributed by atoms with Crippen molar-refractivity contribution in [2.45, 2.75) is 11.0 Å². The second kappa shape index (κ2) is 6.71. The molecule has 3 nitrogen and oxygen atoms in total. The molecule has 1 rings (SSSR count). The van der Waals surface area contributed by atoms with Crippen molar-refractivity contribution < 1.29 is 14.6 Å². The molecular weight excluding hydrogens is 212 g/mol. The standard InChI is InChI=1S/C11H16O3S/c1-13-9(7-12)8-15-11-6-4-3-5-10(11)14-2/h3-6,9,12H,7-8H2,1-2H3/t9-/m0/s1. The number of ether oxygens (including phenoxy) is 2. The largest absolute Gasteiger partial charge is 0.496 e. The van der Waals surface area contributed by atoms with Gasteiger partial charge in [0.25, 0.3) is 0 Å². The second-order valence-corrected chi connectivity index (χ2v) is 4.06. The molecule has 1 N–H and O–H groups in total. The zero-order valence-electron chi connectivity index (χ0n) is 8.97. The summed E-state index contributed by atoms with van der Waals surface area (Å²) in [6.45, 7) is 0.0403. The topological polar surface area (TPSA) is 38.7 Å². The van der Waals surface area contributed by atoms with Crippen LogP contribution in [0.4, 0.5) is 0 Å². The number of hydrogen-bond acceptors (Lipinski definition) is 4. The summed E-state index contributed by atoms with van der Waals surface area (Å²) in [7, 11) is 3.25. The van der Waals surface area contributed by atoms with Crippen molar-refractivity contribution >= 4 is 11.8 Å². The molecule has 1 aromatic rings. The predicted molar refractivity (Wildman–Crippen MR) is 61.6 cm³/mol. The smallest absolute Gasteiger partial charge is 0.132 e. The Morgan fingerprint density at radius 2 is 2.07 bits per heavy atom. The first kappa shape index (κ1) is 12.4. The molecule has 0 heterocycles. The lowest BCUT2D eigenvalue weighted by Gasteiger charge is -2.12. The molecule has 84 valence electrons. The third kappa shape index (κ3) is 3.74. The van der Waals surface area contributed by atoms with E-state index in [-0.39, 0.29) is 12.7 Å². The van der Waals surface area contributed by atoms with Crippen LogP contribution in [0.1, 0.15) is 0 Å². The minimum absolute atomic E-state index is 0.0403. The van der Waals surface area contributed by atoms with Crippen molar-refractivity contribution in [3.8, 4) is 5.75 Å². The van der Waals surface area contributed by atoms with Gasteiger partial charge in [0.1, 0.15) is 5.75 Å². The van der Waals surface area contributed by atoms with Gasteiger partial charge in [-0.1, -0.05) is 12.1 Å². The number of rotatable bonds is 6. The molecule has 15 heavy (non-hydrogen) atoms. The number of hydrogen-bond donors (Lipinski definition) is 1. The Kier molecular flexibility index (Phi) is 5.53. The predicted octanol–water partition coefficient (Wildman–Crippen LogP) is 1.79. The molecule has 0 saturated carbocycles. The summed E-state index contributed by atoms with van der Waals surface area (Å²) in [4.78, 5) is 1.07. The fourth-order valence-electron chi connectivity index (χ4n) is 1.12. The molecule has 1 atom stereocenters. The van der Waals surface area contributed by atoms with E-state index in [1.165, 1.54) is 0 Å². The maximum Gasteiger partial charge on any atom is 0.132 e. The Labute approximate surface area is 94.4 Å². The highest BCUT2D eigenvalue weighted by atomic mass is 32.2. The van der Waals surface area contributed by atoms with Gasteiger partial charge in [0.05, 0.1) is 19.8 Å². The Hall–Kier alpha value is -0.710. The number of methoxy groups -OCH3 is 2. The van der Waals surface area contributed by atoms with E-state index in [0.29, 0.717) is 5.75 Å². The van der Waals surface area contributed by atoms with Crippen molar-refractivity contribution in [3.63, 3.8) is 0 Å². The average molecular weight is 228 g/mol. The molecule has 4 heteroatoms. The zero-order valence-corrected chi connectivity index (χ0v) is 9.79. The molecule has 0 saturated heterocycles. The van der Waals surface area contributed by atoms with E-state index in [9.17, 15) is 0 Å². The lowest BCUT2D eigenvalue weighted by Crippen LogP contribution is -2.18. The van der Waals surface area contributed by atoms with Crippen LogP contribution in [0.15, 0.2) is 29.2 Å². The van der Waals surface area contributed by atoms with E-state index in [0.717, 1.165) is 10.6 Å². The zero-order chi connectivity index (χ0) is 11.1. The second-order valence-electron chi connectivity index (χ2n) is 3.00. The molecule has 0 aliphatic heterocycles. The van der Waals surface area contributed by atoms with Crippen LogP contribution in [0.3, 0.4) is 0 Å². The fraction of sp³-hybridized carbons (Fsp3) is 0.455. The first-order chi connectivity index (χ1) is 7.31. The molecule has 0 spiro atoms.